The topological polar surface area (TPSA) is 76.6 Å². The predicted octanol–water partition coefficient (Wildman–Crippen LogP) is 5.74. The summed E-state index contributed by atoms with van der Waals surface area (Å²) in [4.78, 5) is 26.0. The van der Waals surface area contributed by atoms with Gasteiger partial charge in [-0.25, -0.2) is 0 Å². The van der Waals surface area contributed by atoms with Crippen molar-refractivity contribution in [2.24, 2.45) is 0 Å². The summed E-state index contributed by atoms with van der Waals surface area (Å²) in [5.41, 5.74) is 0.440. The standard InChI is InChI=1S/C20H12N2O4S3/c23-19-17(12-15-10-11-18(26-15)28-16-4-2-1-3-5-16)29-20(27)21(19)13-6-8-14(9-7-13)22(24)25/h1-12H/b17-12+. The molecule has 4 rings (SSSR count). The number of nitro groups is 1. The molecule has 1 amide bonds. The van der Waals surface area contributed by atoms with Gasteiger partial charge in [-0.05, 0) is 36.4 Å². The Kier molecular flexibility index (Phi) is 5.52. The monoisotopic (exact) mass is 440 g/mol. The van der Waals surface area contributed by atoms with E-state index in [1.165, 1.54) is 40.9 Å². The lowest BCUT2D eigenvalue weighted by atomic mass is 10.2. The molecule has 3 aromatic rings. The zero-order valence-corrected chi connectivity index (χ0v) is 17.1. The number of non-ortho nitro benzene ring substituents is 1. The number of furan rings is 1. The number of hydrogen-bond acceptors (Lipinski definition) is 7. The normalized spacial score (nSPS) is 15.3. The number of hydrogen-bond donors (Lipinski definition) is 0. The van der Waals surface area contributed by atoms with E-state index in [9.17, 15) is 14.9 Å². The first-order chi connectivity index (χ1) is 14.0. The number of carbonyl (C=O) groups is 1. The Morgan fingerprint density at radius 1 is 1.07 bits per heavy atom. The van der Waals surface area contributed by atoms with E-state index < -0.39 is 4.92 Å². The lowest BCUT2D eigenvalue weighted by molar-refractivity contribution is -0.384. The van der Waals surface area contributed by atoms with E-state index in [-0.39, 0.29) is 11.6 Å². The second kappa shape index (κ2) is 8.24. The summed E-state index contributed by atoms with van der Waals surface area (Å²) in [6.07, 6.45) is 1.65. The van der Waals surface area contributed by atoms with Crippen LogP contribution in [0.15, 0.2) is 86.0 Å². The van der Waals surface area contributed by atoms with Gasteiger partial charge in [-0.2, -0.15) is 0 Å². The minimum Gasteiger partial charge on any atom is -0.450 e. The van der Waals surface area contributed by atoms with Crippen LogP contribution < -0.4 is 4.90 Å². The third-order valence-corrected chi connectivity index (χ3v) is 6.18. The number of benzene rings is 2. The van der Waals surface area contributed by atoms with E-state index >= 15 is 0 Å². The van der Waals surface area contributed by atoms with Crippen LogP contribution in [0, 0.1) is 10.1 Å². The molecule has 2 aromatic carbocycles. The zero-order chi connectivity index (χ0) is 20.4. The quantitative estimate of drug-likeness (QED) is 0.216. The molecule has 0 N–H and O–H groups in total. The molecule has 1 aliphatic heterocycles. The van der Waals surface area contributed by atoms with Crippen LogP contribution in [0.3, 0.4) is 0 Å². The Hall–Kier alpha value is -2.88. The molecule has 0 atom stereocenters. The molecule has 0 aliphatic carbocycles. The molecule has 0 spiro atoms. The molecule has 1 aromatic heterocycles. The van der Waals surface area contributed by atoms with Crippen molar-refractivity contribution in [3.8, 4) is 0 Å². The molecular formula is C20H12N2O4S3. The Bertz CT molecular complexity index is 1120. The van der Waals surface area contributed by atoms with Gasteiger partial charge in [0.25, 0.3) is 11.6 Å². The van der Waals surface area contributed by atoms with E-state index in [0.29, 0.717) is 25.8 Å². The number of thiocarbonyl (C=S) groups is 1. The Balaban J connectivity index is 1.52. The maximum atomic E-state index is 12.8. The first kappa shape index (κ1) is 19.4. The molecule has 6 nitrogen and oxygen atoms in total. The maximum absolute atomic E-state index is 12.8. The fourth-order valence-corrected chi connectivity index (χ4v) is 4.69. The third-order valence-electron chi connectivity index (χ3n) is 3.95. The molecule has 1 fully saturated rings. The first-order valence-corrected chi connectivity index (χ1v) is 10.4. The SMILES string of the molecule is O=C1/C(=C\c2ccc(Sc3ccccc3)o2)SC(=S)N1c1ccc([N+](=O)[O-])cc1. The average Bonchev–Trinajstić information content (AvgIpc) is 3.26. The molecule has 0 saturated carbocycles. The molecular weight excluding hydrogens is 428 g/mol. The minimum atomic E-state index is -0.490. The van der Waals surface area contributed by atoms with Gasteiger partial charge >= 0.3 is 0 Å². The number of nitro benzene ring substituents is 1. The van der Waals surface area contributed by atoms with Crippen LogP contribution in [0.2, 0.25) is 0 Å². The minimum absolute atomic E-state index is 0.0474. The van der Waals surface area contributed by atoms with Gasteiger partial charge in [0.15, 0.2) is 9.41 Å². The summed E-state index contributed by atoms with van der Waals surface area (Å²) in [7, 11) is 0. The summed E-state index contributed by atoms with van der Waals surface area (Å²) in [6.45, 7) is 0. The smallest absolute Gasteiger partial charge is 0.270 e. The van der Waals surface area contributed by atoms with Crippen LogP contribution in [0.5, 0.6) is 0 Å². The zero-order valence-electron chi connectivity index (χ0n) is 14.7. The van der Waals surface area contributed by atoms with Crippen molar-refractivity contribution in [2.75, 3.05) is 4.90 Å². The number of rotatable bonds is 5. The summed E-state index contributed by atoms with van der Waals surface area (Å²) >= 11 is 7.98. The largest absolute Gasteiger partial charge is 0.450 e. The average molecular weight is 441 g/mol. The first-order valence-electron chi connectivity index (χ1n) is 8.36. The van der Waals surface area contributed by atoms with Gasteiger partial charge in [-0.1, -0.05) is 53.9 Å². The van der Waals surface area contributed by atoms with Crippen molar-refractivity contribution >= 4 is 63.4 Å². The molecule has 0 radical (unpaired) electrons. The van der Waals surface area contributed by atoms with Crippen LogP contribution in [0.25, 0.3) is 6.08 Å². The van der Waals surface area contributed by atoms with E-state index in [1.807, 2.05) is 36.4 Å². The molecule has 2 heterocycles. The van der Waals surface area contributed by atoms with Gasteiger partial charge in [-0.3, -0.25) is 19.8 Å². The number of anilines is 1. The highest BCUT2D eigenvalue weighted by atomic mass is 32.2. The van der Waals surface area contributed by atoms with Gasteiger partial charge in [0.05, 0.1) is 15.5 Å². The second-order valence-corrected chi connectivity index (χ2v) is 8.62. The Labute approximate surface area is 179 Å². The molecule has 9 heteroatoms. The van der Waals surface area contributed by atoms with Crippen LogP contribution >= 0.6 is 35.7 Å². The molecule has 1 saturated heterocycles. The van der Waals surface area contributed by atoms with Gasteiger partial charge < -0.3 is 4.42 Å². The predicted molar refractivity (Wildman–Crippen MR) is 118 cm³/mol. The van der Waals surface area contributed by atoms with Crippen LogP contribution in [0.1, 0.15) is 5.76 Å². The third kappa shape index (κ3) is 4.26. The molecule has 29 heavy (non-hydrogen) atoms. The van der Waals surface area contributed by atoms with Crippen molar-refractivity contribution in [2.45, 2.75) is 9.99 Å². The van der Waals surface area contributed by atoms with Crippen LogP contribution in [-0.2, 0) is 4.79 Å². The highest BCUT2D eigenvalue weighted by Crippen LogP contribution is 2.37. The van der Waals surface area contributed by atoms with E-state index in [0.717, 1.165) is 16.7 Å². The molecule has 144 valence electrons. The summed E-state index contributed by atoms with van der Waals surface area (Å²) in [5.74, 6) is 0.259. The summed E-state index contributed by atoms with van der Waals surface area (Å²) in [6, 6.07) is 19.2. The van der Waals surface area contributed by atoms with Crippen LogP contribution in [0.4, 0.5) is 11.4 Å². The highest BCUT2D eigenvalue weighted by Gasteiger charge is 2.33. The van der Waals surface area contributed by atoms with Crippen molar-refractivity contribution in [3.63, 3.8) is 0 Å². The van der Waals surface area contributed by atoms with E-state index in [1.54, 1.807) is 12.1 Å². The molecule has 0 unspecified atom stereocenters. The number of amides is 1. The lowest BCUT2D eigenvalue weighted by Gasteiger charge is -2.13. The van der Waals surface area contributed by atoms with Crippen molar-refractivity contribution in [1.29, 1.82) is 0 Å². The van der Waals surface area contributed by atoms with Crippen molar-refractivity contribution < 1.29 is 14.1 Å². The maximum Gasteiger partial charge on any atom is 0.270 e. The van der Waals surface area contributed by atoms with Gasteiger partial charge in [0.1, 0.15) is 5.76 Å². The second-order valence-electron chi connectivity index (χ2n) is 5.86. The Morgan fingerprint density at radius 3 is 2.48 bits per heavy atom. The molecule has 0 bridgehead atoms. The van der Waals surface area contributed by atoms with Gasteiger partial charge in [0, 0.05) is 23.1 Å². The highest BCUT2D eigenvalue weighted by molar-refractivity contribution is 8.27. The van der Waals surface area contributed by atoms with Gasteiger partial charge in [0.2, 0.25) is 0 Å². The van der Waals surface area contributed by atoms with Gasteiger partial charge in [-0.15, -0.1) is 0 Å². The van der Waals surface area contributed by atoms with Crippen molar-refractivity contribution in [3.05, 3.63) is 87.5 Å². The number of carbonyl (C=O) groups excluding carboxylic acids is 1. The van der Waals surface area contributed by atoms with E-state index in [4.69, 9.17) is 16.6 Å². The number of thioether (sulfide) groups is 1. The number of nitrogens with zero attached hydrogens (tertiary/aromatic N) is 2. The summed E-state index contributed by atoms with van der Waals surface area (Å²) < 4.78 is 6.16. The van der Waals surface area contributed by atoms with E-state index in [2.05, 4.69) is 0 Å². The Morgan fingerprint density at radius 2 is 1.79 bits per heavy atom. The van der Waals surface area contributed by atoms with Crippen molar-refractivity contribution in [1.82, 2.24) is 0 Å². The lowest BCUT2D eigenvalue weighted by Crippen LogP contribution is -2.27. The molecule has 1 aliphatic rings. The fourth-order valence-electron chi connectivity index (χ4n) is 2.61. The summed E-state index contributed by atoms with van der Waals surface area (Å²) in [5, 5.41) is 11.5. The fraction of sp³-hybridized carbons (Fsp3) is 0. The van der Waals surface area contributed by atoms with Crippen LogP contribution in [-0.4, -0.2) is 15.2 Å².